The van der Waals surface area contributed by atoms with Crippen molar-refractivity contribution < 1.29 is 9.90 Å². The van der Waals surface area contributed by atoms with Crippen LogP contribution in [-0.2, 0) is 13.0 Å². The Balaban J connectivity index is 1.84. The van der Waals surface area contributed by atoms with E-state index in [9.17, 15) is 9.90 Å². The normalized spacial score (nSPS) is 13.9. The maximum atomic E-state index is 12.5. The molecule has 2 aromatic carbocycles. The predicted molar refractivity (Wildman–Crippen MR) is 77.7 cm³/mol. The third-order valence-electron chi connectivity index (χ3n) is 3.86. The van der Waals surface area contributed by atoms with Crippen molar-refractivity contribution in [3.05, 3.63) is 64.7 Å². The number of amides is 1. The Morgan fingerprint density at radius 2 is 1.90 bits per heavy atom. The molecule has 0 aromatic heterocycles. The Bertz CT molecular complexity index is 664. The van der Waals surface area contributed by atoms with Crippen molar-refractivity contribution in [3.63, 3.8) is 0 Å². The zero-order chi connectivity index (χ0) is 14.1. The summed E-state index contributed by atoms with van der Waals surface area (Å²) >= 11 is 0. The third kappa shape index (κ3) is 2.27. The number of carbonyl (C=O) groups excluding carboxylic acids is 1. The summed E-state index contributed by atoms with van der Waals surface area (Å²) < 4.78 is 0. The monoisotopic (exact) mass is 267 g/mol. The van der Waals surface area contributed by atoms with Gasteiger partial charge in [-0.25, -0.2) is 0 Å². The van der Waals surface area contributed by atoms with E-state index < -0.39 is 0 Å². The Hall–Kier alpha value is -2.29. The fraction of sp³-hybridized carbons (Fsp3) is 0.235. The van der Waals surface area contributed by atoms with E-state index in [4.69, 9.17) is 0 Å². The zero-order valence-electron chi connectivity index (χ0n) is 11.5. The average Bonchev–Trinajstić information content (AvgIpc) is 2.49. The van der Waals surface area contributed by atoms with E-state index in [-0.39, 0.29) is 11.7 Å². The van der Waals surface area contributed by atoms with E-state index in [0.29, 0.717) is 12.1 Å². The second-order valence-electron chi connectivity index (χ2n) is 5.25. The van der Waals surface area contributed by atoms with Gasteiger partial charge in [-0.1, -0.05) is 24.3 Å². The van der Waals surface area contributed by atoms with Crippen molar-refractivity contribution >= 4 is 5.91 Å². The van der Waals surface area contributed by atoms with Crippen molar-refractivity contribution in [2.24, 2.45) is 0 Å². The van der Waals surface area contributed by atoms with Gasteiger partial charge >= 0.3 is 0 Å². The fourth-order valence-corrected chi connectivity index (χ4v) is 2.64. The first kappa shape index (κ1) is 12.7. The predicted octanol–water partition coefficient (Wildman–Crippen LogP) is 2.90. The van der Waals surface area contributed by atoms with Crippen molar-refractivity contribution in [2.75, 3.05) is 6.54 Å². The summed E-state index contributed by atoms with van der Waals surface area (Å²) in [6.07, 6.45) is 0.902. The van der Waals surface area contributed by atoms with Crippen LogP contribution in [0.3, 0.4) is 0 Å². The summed E-state index contributed by atoms with van der Waals surface area (Å²) in [5, 5.41) is 9.54. The highest BCUT2D eigenvalue weighted by Gasteiger charge is 2.21. The topological polar surface area (TPSA) is 40.5 Å². The molecule has 3 heteroatoms. The van der Waals surface area contributed by atoms with Crippen LogP contribution in [0.1, 0.15) is 27.0 Å². The minimum absolute atomic E-state index is 0.0302. The van der Waals surface area contributed by atoms with Gasteiger partial charge in [0.15, 0.2) is 0 Å². The van der Waals surface area contributed by atoms with Gasteiger partial charge in [0.1, 0.15) is 5.75 Å². The highest BCUT2D eigenvalue weighted by Crippen LogP contribution is 2.22. The molecule has 3 rings (SSSR count). The minimum atomic E-state index is 0.0302. The first-order valence-electron chi connectivity index (χ1n) is 6.81. The third-order valence-corrected chi connectivity index (χ3v) is 3.86. The molecule has 0 unspecified atom stereocenters. The lowest BCUT2D eigenvalue weighted by Crippen LogP contribution is -2.35. The number of aryl methyl sites for hydroxylation is 1. The number of hydrogen-bond donors (Lipinski definition) is 1. The van der Waals surface area contributed by atoms with Crippen LogP contribution in [-0.4, -0.2) is 22.5 Å². The molecule has 1 amide bonds. The number of benzene rings is 2. The van der Waals surface area contributed by atoms with E-state index in [1.165, 1.54) is 11.1 Å². The Morgan fingerprint density at radius 3 is 2.65 bits per heavy atom. The van der Waals surface area contributed by atoms with Crippen molar-refractivity contribution in [1.82, 2.24) is 4.90 Å². The number of fused-ring (bicyclic) bond motifs is 1. The molecule has 1 heterocycles. The van der Waals surface area contributed by atoms with Crippen molar-refractivity contribution in [1.29, 1.82) is 0 Å². The Morgan fingerprint density at radius 1 is 1.15 bits per heavy atom. The maximum absolute atomic E-state index is 12.5. The second-order valence-corrected chi connectivity index (χ2v) is 5.25. The fourth-order valence-electron chi connectivity index (χ4n) is 2.64. The minimum Gasteiger partial charge on any atom is -0.508 e. The number of phenolic OH excluding ortho intramolecular Hbond substituents is 1. The van der Waals surface area contributed by atoms with E-state index in [1.54, 1.807) is 25.1 Å². The second kappa shape index (κ2) is 5.00. The largest absolute Gasteiger partial charge is 0.508 e. The molecule has 0 bridgehead atoms. The lowest BCUT2D eigenvalue weighted by Gasteiger charge is -2.29. The maximum Gasteiger partial charge on any atom is 0.254 e. The number of aromatic hydroxyl groups is 1. The van der Waals surface area contributed by atoms with Gasteiger partial charge in [0, 0.05) is 18.7 Å². The summed E-state index contributed by atoms with van der Waals surface area (Å²) in [6.45, 7) is 3.21. The molecule has 0 spiro atoms. The van der Waals surface area contributed by atoms with Gasteiger partial charge in [-0.2, -0.15) is 0 Å². The molecule has 1 aliphatic heterocycles. The number of nitrogens with zero attached hydrogens (tertiary/aromatic N) is 1. The molecule has 0 saturated carbocycles. The van der Waals surface area contributed by atoms with Crippen LogP contribution in [0.2, 0.25) is 0 Å². The lowest BCUT2D eigenvalue weighted by molar-refractivity contribution is 0.0734. The molecule has 20 heavy (non-hydrogen) atoms. The van der Waals surface area contributed by atoms with Gasteiger partial charge in [0.05, 0.1) is 0 Å². The number of carbonyl (C=O) groups is 1. The summed E-state index contributed by atoms with van der Waals surface area (Å²) in [6, 6.07) is 13.3. The molecular formula is C17H17NO2. The number of phenols is 1. The van der Waals surface area contributed by atoms with Gasteiger partial charge in [-0.15, -0.1) is 0 Å². The zero-order valence-corrected chi connectivity index (χ0v) is 11.5. The molecule has 0 radical (unpaired) electrons. The molecule has 1 aliphatic rings. The van der Waals surface area contributed by atoms with E-state index in [0.717, 1.165) is 18.5 Å². The SMILES string of the molecule is Cc1cc(C(=O)N2CCc3ccccc3C2)ccc1O. The summed E-state index contributed by atoms with van der Waals surface area (Å²) in [5.41, 5.74) is 3.92. The molecular weight excluding hydrogens is 250 g/mol. The summed E-state index contributed by atoms with van der Waals surface area (Å²) in [5.74, 6) is 0.258. The smallest absolute Gasteiger partial charge is 0.254 e. The Labute approximate surface area is 118 Å². The van der Waals surface area contributed by atoms with E-state index >= 15 is 0 Å². The van der Waals surface area contributed by atoms with Crippen molar-refractivity contribution in [2.45, 2.75) is 19.9 Å². The molecule has 0 atom stereocenters. The van der Waals surface area contributed by atoms with Crippen LogP contribution < -0.4 is 0 Å². The molecule has 0 fully saturated rings. The number of hydrogen-bond acceptors (Lipinski definition) is 2. The van der Waals surface area contributed by atoms with Crippen LogP contribution in [0.4, 0.5) is 0 Å². The summed E-state index contributed by atoms with van der Waals surface area (Å²) in [7, 11) is 0. The summed E-state index contributed by atoms with van der Waals surface area (Å²) in [4.78, 5) is 14.4. The van der Waals surface area contributed by atoms with Gasteiger partial charge in [0.2, 0.25) is 0 Å². The number of rotatable bonds is 1. The van der Waals surface area contributed by atoms with Crippen molar-refractivity contribution in [3.8, 4) is 5.75 Å². The first-order chi connectivity index (χ1) is 9.65. The lowest BCUT2D eigenvalue weighted by atomic mass is 9.99. The molecule has 0 saturated heterocycles. The van der Waals surface area contributed by atoms with Crippen LogP contribution in [0.25, 0.3) is 0 Å². The highest BCUT2D eigenvalue weighted by atomic mass is 16.3. The van der Waals surface area contributed by atoms with Crippen LogP contribution in [0, 0.1) is 6.92 Å². The molecule has 0 aliphatic carbocycles. The Kier molecular flexibility index (Phi) is 3.18. The van der Waals surface area contributed by atoms with Gasteiger partial charge in [0.25, 0.3) is 5.91 Å². The molecule has 1 N–H and O–H groups in total. The van der Waals surface area contributed by atoms with E-state index in [2.05, 4.69) is 12.1 Å². The first-order valence-corrected chi connectivity index (χ1v) is 6.81. The average molecular weight is 267 g/mol. The standard InChI is InChI=1S/C17H17NO2/c1-12-10-14(6-7-16(12)19)17(20)18-9-8-13-4-2-3-5-15(13)11-18/h2-7,10,19H,8-9,11H2,1H3. The van der Waals surface area contributed by atoms with Gasteiger partial charge in [-0.3, -0.25) is 4.79 Å². The van der Waals surface area contributed by atoms with Crippen LogP contribution in [0.5, 0.6) is 5.75 Å². The van der Waals surface area contributed by atoms with Crippen LogP contribution >= 0.6 is 0 Å². The van der Waals surface area contributed by atoms with Gasteiger partial charge in [-0.05, 0) is 48.2 Å². The highest BCUT2D eigenvalue weighted by molar-refractivity contribution is 5.94. The van der Waals surface area contributed by atoms with Gasteiger partial charge < -0.3 is 10.0 Å². The quantitative estimate of drug-likeness (QED) is 0.863. The molecule has 3 nitrogen and oxygen atoms in total. The van der Waals surface area contributed by atoms with E-state index in [1.807, 2.05) is 17.0 Å². The molecule has 2 aromatic rings. The van der Waals surface area contributed by atoms with Crippen LogP contribution in [0.15, 0.2) is 42.5 Å². The molecule has 102 valence electrons.